The third-order valence-electron chi connectivity index (χ3n) is 8.24. The molecule has 0 saturated carbocycles. The van der Waals surface area contributed by atoms with Gasteiger partial charge in [0, 0.05) is 43.9 Å². The van der Waals surface area contributed by atoms with Gasteiger partial charge in [-0.1, -0.05) is 12.1 Å². The second kappa shape index (κ2) is 11.3. The van der Waals surface area contributed by atoms with Crippen LogP contribution in [-0.4, -0.2) is 53.4 Å². The first-order chi connectivity index (χ1) is 19.3. The molecule has 5 rings (SSSR count). The quantitative estimate of drug-likeness (QED) is 0.394. The Kier molecular flexibility index (Phi) is 8.06. The number of benzene rings is 2. The molecule has 12 heteroatoms. The molecular weight excluding hydrogens is 557 g/mol. The van der Waals surface area contributed by atoms with Gasteiger partial charge in [0.2, 0.25) is 11.8 Å². The molecule has 2 aromatic rings. The maximum Gasteiger partial charge on any atom is 0.416 e. The van der Waals surface area contributed by atoms with Crippen LogP contribution in [0, 0.1) is 11.7 Å². The predicted octanol–water partition coefficient (Wildman–Crippen LogP) is 6.17. The molecule has 0 bridgehead atoms. The van der Waals surface area contributed by atoms with Crippen LogP contribution in [-0.2, 0) is 33.3 Å². The van der Waals surface area contributed by atoms with Crippen molar-refractivity contribution in [2.24, 2.45) is 5.92 Å². The van der Waals surface area contributed by atoms with Crippen molar-refractivity contribution in [1.29, 1.82) is 0 Å². The molecule has 222 valence electrons. The van der Waals surface area contributed by atoms with Gasteiger partial charge in [-0.3, -0.25) is 9.59 Å². The smallest absolute Gasteiger partial charge is 0.371 e. The Labute approximate surface area is 232 Å². The van der Waals surface area contributed by atoms with Gasteiger partial charge in [-0.2, -0.15) is 26.3 Å². The number of fused-ring (bicyclic) bond motifs is 1. The van der Waals surface area contributed by atoms with Gasteiger partial charge in [0.15, 0.2) is 0 Å². The molecule has 0 radical (unpaired) electrons. The molecule has 3 unspecified atom stereocenters. The minimum absolute atomic E-state index is 0.0112. The monoisotopic (exact) mass is 586 g/mol. The Morgan fingerprint density at radius 3 is 2.10 bits per heavy atom. The van der Waals surface area contributed by atoms with Crippen LogP contribution in [0.25, 0.3) is 0 Å². The van der Waals surface area contributed by atoms with Gasteiger partial charge in [0.05, 0.1) is 23.8 Å². The second-order valence-corrected chi connectivity index (χ2v) is 11.0. The van der Waals surface area contributed by atoms with E-state index in [4.69, 9.17) is 4.74 Å². The summed E-state index contributed by atoms with van der Waals surface area (Å²) in [5.41, 5.74) is -2.61. The van der Waals surface area contributed by atoms with Gasteiger partial charge in [-0.05, 0) is 67.1 Å². The minimum Gasteiger partial charge on any atom is -0.371 e. The summed E-state index contributed by atoms with van der Waals surface area (Å²) in [6, 6.07) is 6.29. The van der Waals surface area contributed by atoms with Crippen molar-refractivity contribution in [1.82, 2.24) is 9.80 Å². The molecule has 0 aliphatic carbocycles. The van der Waals surface area contributed by atoms with Gasteiger partial charge in [0.1, 0.15) is 5.82 Å². The van der Waals surface area contributed by atoms with Crippen LogP contribution < -0.4 is 0 Å². The summed E-state index contributed by atoms with van der Waals surface area (Å²) in [7, 11) is 0. The van der Waals surface area contributed by atoms with Crippen molar-refractivity contribution in [3.05, 3.63) is 70.5 Å². The molecule has 0 aromatic heterocycles. The average molecular weight is 587 g/mol. The summed E-state index contributed by atoms with van der Waals surface area (Å²) in [5.74, 6) is -1.98. The molecule has 2 amide bonds. The number of amides is 2. The van der Waals surface area contributed by atoms with Gasteiger partial charge in [-0.25, -0.2) is 4.39 Å². The fourth-order valence-corrected chi connectivity index (χ4v) is 6.29. The lowest BCUT2D eigenvalue weighted by Crippen LogP contribution is -2.49. The Hall–Kier alpha value is -3.15. The van der Waals surface area contributed by atoms with E-state index in [0.717, 1.165) is 19.3 Å². The summed E-state index contributed by atoms with van der Waals surface area (Å²) in [5, 5.41) is 0. The zero-order valence-corrected chi connectivity index (χ0v) is 22.0. The number of ether oxygens (including phenoxy) is 1. The van der Waals surface area contributed by atoms with Crippen molar-refractivity contribution in [2.75, 3.05) is 19.6 Å². The van der Waals surface area contributed by atoms with Crippen LogP contribution in [0.1, 0.15) is 60.3 Å². The first kappa shape index (κ1) is 29.3. The lowest BCUT2D eigenvalue weighted by Gasteiger charge is -2.38. The van der Waals surface area contributed by atoms with Crippen molar-refractivity contribution < 1.29 is 45.1 Å². The Morgan fingerprint density at radius 2 is 1.51 bits per heavy atom. The fourth-order valence-electron chi connectivity index (χ4n) is 6.29. The van der Waals surface area contributed by atoms with Crippen molar-refractivity contribution in [3.63, 3.8) is 0 Å². The highest BCUT2D eigenvalue weighted by atomic mass is 19.4. The number of hydrogen-bond acceptors (Lipinski definition) is 3. The van der Waals surface area contributed by atoms with E-state index in [1.165, 1.54) is 24.3 Å². The number of alkyl halides is 6. The van der Waals surface area contributed by atoms with Gasteiger partial charge in [-0.15, -0.1) is 0 Å². The van der Waals surface area contributed by atoms with Crippen molar-refractivity contribution >= 4 is 11.8 Å². The highest BCUT2D eigenvalue weighted by molar-refractivity contribution is 5.87. The molecule has 41 heavy (non-hydrogen) atoms. The van der Waals surface area contributed by atoms with Crippen LogP contribution in [0.4, 0.5) is 30.7 Å². The van der Waals surface area contributed by atoms with Gasteiger partial charge in [0.25, 0.3) is 0 Å². The number of nitrogens with zero attached hydrogens (tertiary/aromatic N) is 2. The topological polar surface area (TPSA) is 49.9 Å². The normalized spacial score (nSPS) is 25.4. The minimum atomic E-state index is -5.00. The van der Waals surface area contributed by atoms with Gasteiger partial charge < -0.3 is 14.5 Å². The summed E-state index contributed by atoms with van der Waals surface area (Å²) >= 11 is 0. The number of halogens is 7. The van der Waals surface area contributed by atoms with E-state index in [2.05, 4.69) is 0 Å². The summed E-state index contributed by atoms with van der Waals surface area (Å²) in [6.07, 6.45) is -7.65. The second-order valence-electron chi connectivity index (χ2n) is 11.0. The maximum atomic E-state index is 13.7. The molecule has 5 nitrogen and oxygen atoms in total. The summed E-state index contributed by atoms with van der Waals surface area (Å²) < 4.78 is 99.9. The standard InChI is InChI=1S/C29H29F7N2O3/c30-22-6-4-18(5-7-22)26-23-12-19(27(40)37-8-2-1-3-9-37)13-25(39)38(23)15-24(26)41-16-17-10-20(28(31,32)33)14-21(11-17)29(34,35)36/h4-7,10-11,14,19,23-24,26H,1-3,8-9,12-13,15-16H2/t19?,23?,24?,26-/m0/s1. The first-order valence-electron chi connectivity index (χ1n) is 13.5. The van der Waals surface area contributed by atoms with E-state index in [1.807, 2.05) is 0 Å². The molecule has 2 aromatic carbocycles. The van der Waals surface area contributed by atoms with E-state index < -0.39 is 59.9 Å². The highest BCUT2D eigenvalue weighted by Gasteiger charge is 2.50. The van der Waals surface area contributed by atoms with E-state index >= 15 is 0 Å². The van der Waals surface area contributed by atoms with Crippen LogP contribution in [0.15, 0.2) is 42.5 Å². The van der Waals surface area contributed by atoms with Crippen molar-refractivity contribution in [2.45, 2.75) is 69.1 Å². The van der Waals surface area contributed by atoms with Gasteiger partial charge >= 0.3 is 12.4 Å². The largest absolute Gasteiger partial charge is 0.416 e. The number of carbonyl (C=O) groups excluding carboxylic acids is 2. The van der Waals surface area contributed by atoms with Crippen LogP contribution in [0.3, 0.4) is 0 Å². The number of piperidine rings is 2. The number of likely N-dealkylation sites (tertiary alicyclic amines) is 1. The maximum absolute atomic E-state index is 13.7. The molecule has 3 aliphatic heterocycles. The molecule has 3 saturated heterocycles. The first-order valence-corrected chi connectivity index (χ1v) is 13.5. The van der Waals surface area contributed by atoms with Crippen molar-refractivity contribution in [3.8, 4) is 0 Å². The molecule has 0 N–H and O–H groups in total. The van der Waals surface area contributed by atoms with Crippen LogP contribution in [0.5, 0.6) is 0 Å². The Bertz CT molecular complexity index is 1240. The van der Waals surface area contributed by atoms with E-state index in [0.29, 0.717) is 37.2 Å². The zero-order chi connectivity index (χ0) is 29.5. The number of rotatable bonds is 5. The SMILES string of the molecule is O=C(C1CC(=O)N2CC(OCc3cc(C(F)(F)F)cc(C(F)(F)F)c3)[C@@H](c3ccc(F)cc3)C2C1)N1CCCCC1. The fraction of sp³-hybridized carbons (Fsp3) is 0.517. The molecular formula is C29H29F7N2O3. The average Bonchev–Trinajstić information content (AvgIpc) is 3.30. The lowest BCUT2D eigenvalue weighted by atomic mass is 9.81. The Balaban J connectivity index is 1.41. The molecule has 4 atom stereocenters. The van der Waals surface area contributed by atoms with Crippen LogP contribution >= 0.6 is 0 Å². The highest BCUT2D eigenvalue weighted by Crippen LogP contribution is 2.44. The lowest BCUT2D eigenvalue weighted by molar-refractivity contribution is -0.147. The summed E-state index contributed by atoms with van der Waals surface area (Å²) in [6.45, 7) is 0.728. The predicted molar refractivity (Wildman–Crippen MR) is 133 cm³/mol. The molecule has 3 heterocycles. The molecule has 3 aliphatic rings. The third kappa shape index (κ3) is 6.37. The Morgan fingerprint density at radius 1 is 0.902 bits per heavy atom. The third-order valence-corrected chi connectivity index (χ3v) is 8.24. The van der Waals surface area contributed by atoms with Crippen LogP contribution in [0.2, 0.25) is 0 Å². The van der Waals surface area contributed by atoms with E-state index in [1.54, 1.807) is 9.80 Å². The zero-order valence-electron chi connectivity index (χ0n) is 22.0. The van der Waals surface area contributed by atoms with E-state index in [9.17, 15) is 40.3 Å². The van der Waals surface area contributed by atoms with E-state index in [-0.39, 0.29) is 36.4 Å². The number of carbonyl (C=O) groups is 2. The summed E-state index contributed by atoms with van der Waals surface area (Å²) in [4.78, 5) is 29.9. The molecule has 0 spiro atoms. The number of hydrogen-bond donors (Lipinski definition) is 0. The molecule has 3 fully saturated rings.